The van der Waals surface area contributed by atoms with E-state index in [0.29, 0.717) is 12.0 Å². The molecule has 110 valence electrons. The lowest BCUT2D eigenvalue weighted by Gasteiger charge is -2.39. The lowest BCUT2D eigenvalue weighted by atomic mass is 9.82. The molecule has 1 saturated carbocycles. The van der Waals surface area contributed by atoms with Crippen LogP contribution in [0.5, 0.6) is 0 Å². The molecule has 2 fully saturated rings. The van der Waals surface area contributed by atoms with Gasteiger partial charge in [-0.2, -0.15) is 0 Å². The summed E-state index contributed by atoms with van der Waals surface area (Å²) in [5, 5.41) is 3.26. The van der Waals surface area contributed by atoms with Gasteiger partial charge in [-0.1, -0.05) is 49.6 Å². The van der Waals surface area contributed by atoms with E-state index in [1.54, 1.807) is 0 Å². The van der Waals surface area contributed by atoms with Gasteiger partial charge >= 0.3 is 0 Å². The van der Waals surface area contributed by atoms with Gasteiger partial charge in [0, 0.05) is 18.2 Å². The molecule has 0 spiro atoms. The van der Waals surface area contributed by atoms with Crippen LogP contribution in [0.1, 0.15) is 37.7 Å². The van der Waals surface area contributed by atoms with Crippen LogP contribution < -0.4 is 5.32 Å². The normalized spacial score (nSPS) is 31.6. The summed E-state index contributed by atoms with van der Waals surface area (Å²) in [7, 11) is 2.01. The van der Waals surface area contributed by atoms with Crippen LogP contribution in [-0.2, 0) is 9.67 Å². The first-order chi connectivity index (χ1) is 9.85. The first kappa shape index (κ1) is 14.4. The van der Waals surface area contributed by atoms with Crippen molar-refractivity contribution in [2.75, 3.05) is 19.3 Å². The molecule has 1 N–H and O–H groups in total. The molecule has 0 aromatic heterocycles. The molecule has 1 heterocycles. The third-order valence-electron chi connectivity index (χ3n) is 4.58. The molecule has 20 heavy (non-hydrogen) atoms. The van der Waals surface area contributed by atoms with Crippen LogP contribution in [-0.4, -0.2) is 25.4 Å². The maximum Gasteiger partial charge on any atom is 0.142 e. The molecular formula is C17H25NOS. The molecule has 0 unspecified atom stereocenters. The van der Waals surface area contributed by atoms with E-state index < -0.39 is 0 Å². The first-order valence-corrected chi connectivity index (χ1v) is 8.85. The minimum Gasteiger partial charge on any atom is -0.354 e. The second kappa shape index (κ2) is 6.50. The van der Waals surface area contributed by atoms with Gasteiger partial charge < -0.3 is 10.1 Å². The van der Waals surface area contributed by atoms with Gasteiger partial charge in [-0.15, -0.1) is 11.8 Å². The van der Waals surface area contributed by atoms with Crippen molar-refractivity contribution >= 4 is 11.8 Å². The number of hydrogen-bond acceptors (Lipinski definition) is 3. The molecule has 0 amide bonds. The molecule has 1 aliphatic heterocycles. The number of benzene rings is 1. The molecule has 0 radical (unpaired) electrons. The predicted octanol–water partition coefficient (Wildman–Crippen LogP) is 3.77. The topological polar surface area (TPSA) is 21.3 Å². The monoisotopic (exact) mass is 291 g/mol. The Labute approximate surface area is 126 Å². The lowest BCUT2D eigenvalue weighted by Crippen LogP contribution is -2.36. The second-order valence-electron chi connectivity index (χ2n) is 5.98. The van der Waals surface area contributed by atoms with Crippen molar-refractivity contribution in [3.05, 3.63) is 35.9 Å². The van der Waals surface area contributed by atoms with Gasteiger partial charge in [0.2, 0.25) is 0 Å². The van der Waals surface area contributed by atoms with Crippen molar-refractivity contribution in [1.82, 2.24) is 5.32 Å². The third kappa shape index (κ3) is 2.76. The Morgan fingerprint density at radius 1 is 1.20 bits per heavy atom. The van der Waals surface area contributed by atoms with Crippen LogP contribution in [0.3, 0.4) is 0 Å². The number of thioether (sulfide) groups is 1. The van der Waals surface area contributed by atoms with Crippen molar-refractivity contribution < 1.29 is 4.74 Å². The summed E-state index contributed by atoms with van der Waals surface area (Å²) in [6, 6.07) is 10.9. The number of hydrogen-bond donors (Lipinski definition) is 1. The molecule has 1 aromatic carbocycles. The Kier molecular flexibility index (Phi) is 4.69. The fourth-order valence-electron chi connectivity index (χ4n) is 3.61. The van der Waals surface area contributed by atoms with E-state index in [0.717, 1.165) is 12.3 Å². The first-order valence-electron chi connectivity index (χ1n) is 7.87. The largest absolute Gasteiger partial charge is 0.354 e. The Balaban J connectivity index is 1.87. The van der Waals surface area contributed by atoms with E-state index in [9.17, 15) is 0 Å². The molecule has 1 saturated heterocycles. The van der Waals surface area contributed by atoms with Gasteiger partial charge in [0.15, 0.2) is 0 Å². The SMILES string of the molecule is CNC[C@@H]1CS[C@@](c2ccccc2)(C2CCCCC2)O1. The van der Waals surface area contributed by atoms with E-state index in [2.05, 4.69) is 35.6 Å². The van der Waals surface area contributed by atoms with E-state index in [1.165, 1.54) is 37.7 Å². The van der Waals surface area contributed by atoms with Crippen LogP contribution in [0.15, 0.2) is 30.3 Å². The highest BCUT2D eigenvalue weighted by atomic mass is 32.2. The Hall–Kier alpha value is -0.510. The van der Waals surface area contributed by atoms with Gasteiger partial charge in [0.05, 0.1) is 6.10 Å². The summed E-state index contributed by atoms with van der Waals surface area (Å²) in [5.74, 6) is 1.78. The summed E-state index contributed by atoms with van der Waals surface area (Å²) >= 11 is 2.04. The van der Waals surface area contributed by atoms with E-state index >= 15 is 0 Å². The maximum absolute atomic E-state index is 6.62. The van der Waals surface area contributed by atoms with Crippen LogP contribution in [0, 0.1) is 5.92 Å². The number of ether oxygens (including phenoxy) is 1. The third-order valence-corrected chi connectivity index (χ3v) is 6.21. The van der Waals surface area contributed by atoms with Gasteiger partial charge in [-0.3, -0.25) is 0 Å². The Morgan fingerprint density at radius 3 is 2.65 bits per heavy atom. The fourth-order valence-corrected chi connectivity index (χ4v) is 5.21. The number of rotatable bonds is 4. The van der Waals surface area contributed by atoms with Gasteiger partial charge in [-0.05, 0) is 25.5 Å². The fraction of sp³-hybridized carbons (Fsp3) is 0.647. The van der Waals surface area contributed by atoms with Crippen molar-refractivity contribution in [2.24, 2.45) is 5.92 Å². The Bertz CT molecular complexity index is 418. The quantitative estimate of drug-likeness (QED) is 0.912. The minimum atomic E-state index is -0.0941. The highest BCUT2D eigenvalue weighted by molar-refractivity contribution is 8.00. The molecule has 0 bridgehead atoms. The molecular weight excluding hydrogens is 266 g/mol. The average molecular weight is 291 g/mol. The van der Waals surface area contributed by atoms with E-state index in [4.69, 9.17) is 4.74 Å². The number of nitrogens with one attached hydrogen (secondary N) is 1. The average Bonchev–Trinajstić information content (AvgIpc) is 2.95. The number of likely N-dealkylation sites (N-methyl/N-ethyl adjacent to an activating group) is 1. The maximum atomic E-state index is 6.62. The second-order valence-corrected chi connectivity index (χ2v) is 7.21. The summed E-state index contributed by atoms with van der Waals surface area (Å²) in [6.45, 7) is 0.953. The van der Waals surface area contributed by atoms with Crippen LogP contribution in [0.2, 0.25) is 0 Å². The highest BCUT2D eigenvalue weighted by Crippen LogP contribution is 2.54. The molecule has 3 heteroatoms. The Morgan fingerprint density at radius 2 is 1.95 bits per heavy atom. The van der Waals surface area contributed by atoms with Gasteiger partial charge in [-0.25, -0.2) is 0 Å². The zero-order valence-corrected chi connectivity index (χ0v) is 13.1. The zero-order valence-electron chi connectivity index (χ0n) is 12.3. The van der Waals surface area contributed by atoms with Crippen molar-refractivity contribution in [3.8, 4) is 0 Å². The van der Waals surface area contributed by atoms with E-state index in [-0.39, 0.29) is 4.93 Å². The summed E-state index contributed by atoms with van der Waals surface area (Å²) in [4.78, 5) is -0.0941. The standard InChI is InChI=1S/C17H25NOS/c1-18-12-16-13-20-17(19-16,14-8-4-2-5-9-14)15-10-6-3-7-11-15/h2,4-5,8-9,15-16,18H,3,6-7,10-13H2,1H3/t16-,17+/m1/s1. The minimum absolute atomic E-state index is 0.0941. The van der Waals surface area contributed by atoms with Crippen molar-refractivity contribution in [2.45, 2.75) is 43.1 Å². The van der Waals surface area contributed by atoms with Crippen molar-refractivity contribution in [1.29, 1.82) is 0 Å². The lowest BCUT2D eigenvalue weighted by molar-refractivity contribution is -0.0541. The predicted molar refractivity (Wildman–Crippen MR) is 86.0 cm³/mol. The van der Waals surface area contributed by atoms with Crippen LogP contribution >= 0.6 is 11.8 Å². The highest BCUT2D eigenvalue weighted by Gasteiger charge is 2.48. The van der Waals surface area contributed by atoms with Crippen molar-refractivity contribution in [3.63, 3.8) is 0 Å². The smallest absolute Gasteiger partial charge is 0.142 e. The summed E-state index contributed by atoms with van der Waals surface area (Å²) < 4.78 is 6.62. The molecule has 2 aliphatic rings. The van der Waals surface area contributed by atoms with Gasteiger partial charge in [0.25, 0.3) is 0 Å². The molecule has 1 aromatic rings. The van der Waals surface area contributed by atoms with Gasteiger partial charge in [0.1, 0.15) is 4.93 Å². The molecule has 3 rings (SSSR count). The van der Waals surface area contributed by atoms with Crippen LogP contribution in [0.25, 0.3) is 0 Å². The van der Waals surface area contributed by atoms with Crippen LogP contribution in [0.4, 0.5) is 0 Å². The molecule has 1 aliphatic carbocycles. The summed E-state index contributed by atoms with van der Waals surface area (Å²) in [6.07, 6.45) is 7.08. The summed E-state index contributed by atoms with van der Waals surface area (Å²) in [5.41, 5.74) is 1.37. The molecule has 2 atom stereocenters. The van der Waals surface area contributed by atoms with E-state index in [1.807, 2.05) is 18.8 Å². The zero-order chi connectivity index (χ0) is 13.8. The molecule has 2 nitrogen and oxygen atoms in total.